The maximum atomic E-state index is 10.2. The average molecular weight is 700 g/mol. The summed E-state index contributed by atoms with van der Waals surface area (Å²) in [5.41, 5.74) is 12.9. The van der Waals surface area contributed by atoms with Crippen LogP contribution in [0.15, 0.2) is 176 Å². The van der Waals surface area contributed by atoms with Crippen molar-refractivity contribution in [2.24, 2.45) is 0 Å². The van der Waals surface area contributed by atoms with Gasteiger partial charge in [0.25, 0.3) is 0 Å². The molecule has 0 saturated heterocycles. The Morgan fingerprint density at radius 1 is 0.327 bits per heavy atom. The molecule has 0 atom stereocenters. The van der Waals surface area contributed by atoms with Crippen molar-refractivity contribution in [3.63, 3.8) is 0 Å². The van der Waals surface area contributed by atoms with Gasteiger partial charge in [-0.2, -0.15) is 10.5 Å². The molecule has 11 aromatic rings. The predicted octanol–water partition coefficient (Wildman–Crippen LogP) is 12.4. The van der Waals surface area contributed by atoms with E-state index in [0.717, 1.165) is 77.4 Å². The summed E-state index contributed by atoms with van der Waals surface area (Å²) in [4.78, 5) is 0. The molecule has 0 bridgehead atoms. The molecule has 254 valence electrons. The molecule has 55 heavy (non-hydrogen) atoms. The maximum absolute atomic E-state index is 10.2. The van der Waals surface area contributed by atoms with Crippen molar-refractivity contribution in [1.29, 1.82) is 10.5 Å². The molecule has 3 aromatic heterocycles. The van der Waals surface area contributed by atoms with Crippen LogP contribution in [0.25, 0.3) is 93.6 Å². The Morgan fingerprint density at radius 2 is 0.855 bits per heavy atom. The molecule has 0 radical (unpaired) electrons. The largest absolute Gasteiger partial charge is 0.309 e. The van der Waals surface area contributed by atoms with Crippen molar-refractivity contribution in [3.8, 4) is 40.3 Å². The Hall–Kier alpha value is -7.86. The van der Waals surface area contributed by atoms with Crippen LogP contribution >= 0.6 is 0 Å². The predicted molar refractivity (Wildman–Crippen MR) is 224 cm³/mol. The number of aromatic nitrogens is 3. The van der Waals surface area contributed by atoms with E-state index in [4.69, 9.17) is 0 Å². The molecule has 5 nitrogen and oxygen atoms in total. The van der Waals surface area contributed by atoms with E-state index in [1.807, 2.05) is 24.3 Å². The third-order valence-corrected chi connectivity index (χ3v) is 11.1. The number of rotatable bonds is 4. The molecular weight excluding hydrogens is 671 g/mol. The van der Waals surface area contributed by atoms with Crippen LogP contribution in [0.5, 0.6) is 0 Å². The summed E-state index contributed by atoms with van der Waals surface area (Å²) < 4.78 is 6.96. The normalized spacial score (nSPS) is 11.6. The summed E-state index contributed by atoms with van der Waals surface area (Å²) in [6.45, 7) is 0. The number of hydrogen-bond donors (Lipinski definition) is 0. The molecule has 0 unspecified atom stereocenters. The van der Waals surface area contributed by atoms with Gasteiger partial charge >= 0.3 is 0 Å². The van der Waals surface area contributed by atoms with Crippen LogP contribution in [0.1, 0.15) is 11.1 Å². The van der Waals surface area contributed by atoms with Crippen molar-refractivity contribution in [3.05, 3.63) is 187 Å². The van der Waals surface area contributed by atoms with Gasteiger partial charge in [0.15, 0.2) is 0 Å². The van der Waals surface area contributed by atoms with Gasteiger partial charge in [-0.3, -0.25) is 0 Å². The molecule has 0 aliphatic rings. The van der Waals surface area contributed by atoms with Gasteiger partial charge in [0.1, 0.15) is 0 Å². The number of fused-ring (bicyclic) bond motifs is 9. The van der Waals surface area contributed by atoms with Crippen molar-refractivity contribution in [2.45, 2.75) is 0 Å². The van der Waals surface area contributed by atoms with E-state index in [2.05, 4.69) is 177 Å². The third kappa shape index (κ3) is 4.51. The van der Waals surface area contributed by atoms with E-state index < -0.39 is 0 Å². The second kappa shape index (κ2) is 11.8. The Kier molecular flexibility index (Phi) is 6.61. The smallest absolute Gasteiger partial charge is 0.0992 e. The molecule has 8 aromatic carbocycles. The average Bonchev–Trinajstić information content (AvgIpc) is 3.89. The summed E-state index contributed by atoms with van der Waals surface area (Å²) in [5.74, 6) is 0. The number of nitrogens with zero attached hydrogens (tertiary/aromatic N) is 5. The van der Waals surface area contributed by atoms with Crippen LogP contribution in [0.4, 0.5) is 0 Å². The molecule has 0 N–H and O–H groups in total. The zero-order chi connectivity index (χ0) is 36.6. The fraction of sp³-hybridized carbons (Fsp3) is 0. The van der Waals surface area contributed by atoms with Crippen molar-refractivity contribution >= 4 is 65.4 Å². The zero-order valence-electron chi connectivity index (χ0n) is 29.5. The maximum Gasteiger partial charge on any atom is 0.0992 e. The molecule has 11 rings (SSSR count). The molecule has 5 heteroatoms. The molecule has 0 aliphatic carbocycles. The number of benzene rings is 8. The van der Waals surface area contributed by atoms with E-state index in [0.29, 0.717) is 11.1 Å². The molecular formula is C50H29N5. The van der Waals surface area contributed by atoms with Crippen LogP contribution in [0.3, 0.4) is 0 Å². The SMILES string of the molecule is N#Cc1cc(-c2ccc(-n3c4ccccc4c4cccc(-n5c6ccccc6c6cc(C#N)ccc65)c43)cc2)cc(-n2c3ccccc3c3ccccc32)c1. The minimum Gasteiger partial charge on any atom is -0.309 e. The first-order valence-corrected chi connectivity index (χ1v) is 18.3. The number of nitriles is 2. The van der Waals surface area contributed by atoms with Gasteiger partial charge in [0, 0.05) is 43.7 Å². The Bertz CT molecular complexity index is 3400. The second-order valence-corrected chi connectivity index (χ2v) is 14.0. The minimum atomic E-state index is 0.610. The number of hydrogen-bond acceptors (Lipinski definition) is 2. The van der Waals surface area contributed by atoms with Crippen molar-refractivity contribution < 1.29 is 0 Å². The summed E-state index contributed by atoms with van der Waals surface area (Å²) in [6, 6.07) is 66.0. The Morgan fingerprint density at radius 3 is 1.49 bits per heavy atom. The first-order valence-electron chi connectivity index (χ1n) is 18.3. The quantitative estimate of drug-likeness (QED) is 0.184. The first-order chi connectivity index (χ1) is 27.2. The van der Waals surface area contributed by atoms with Crippen LogP contribution in [-0.2, 0) is 0 Å². The highest BCUT2D eigenvalue weighted by Gasteiger charge is 2.20. The van der Waals surface area contributed by atoms with Crippen LogP contribution in [0.2, 0.25) is 0 Å². The zero-order valence-corrected chi connectivity index (χ0v) is 29.5. The van der Waals surface area contributed by atoms with E-state index >= 15 is 0 Å². The lowest BCUT2D eigenvalue weighted by Gasteiger charge is -2.15. The monoisotopic (exact) mass is 699 g/mol. The fourth-order valence-corrected chi connectivity index (χ4v) is 8.73. The van der Waals surface area contributed by atoms with Crippen LogP contribution < -0.4 is 0 Å². The van der Waals surface area contributed by atoms with Gasteiger partial charge < -0.3 is 13.7 Å². The molecule has 0 fully saturated rings. The van der Waals surface area contributed by atoms with Crippen molar-refractivity contribution in [2.75, 3.05) is 0 Å². The summed E-state index contributed by atoms with van der Waals surface area (Å²) in [6.07, 6.45) is 0. The molecule has 0 saturated carbocycles. The second-order valence-electron chi connectivity index (χ2n) is 14.0. The molecule has 0 spiro atoms. The Labute approximate surface area is 316 Å². The highest BCUT2D eigenvalue weighted by molar-refractivity contribution is 6.15. The highest BCUT2D eigenvalue weighted by Crippen LogP contribution is 2.40. The van der Waals surface area contributed by atoms with Crippen LogP contribution in [0, 0.1) is 22.7 Å². The van der Waals surface area contributed by atoms with E-state index in [1.54, 1.807) is 0 Å². The summed E-state index contributed by atoms with van der Waals surface area (Å²) in [5, 5.41) is 26.8. The molecule has 0 amide bonds. The lowest BCUT2D eigenvalue weighted by Crippen LogP contribution is -2.00. The first kappa shape index (κ1) is 30.7. The lowest BCUT2D eigenvalue weighted by atomic mass is 10.0. The summed E-state index contributed by atoms with van der Waals surface area (Å²) in [7, 11) is 0. The lowest BCUT2D eigenvalue weighted by molar-refractivity contribution is 1.13. The van der Waals surface area contributed by atoms with Gasteiger partial charge in [-0.1, -0.05) is 97.1 Å². The van der Waals surface area contributed by atoms with Crippen molar-refractivity contribution in [1.82, 2.24) is 13.7 Å². The van der Waals surface area contributed by atoms with Gasteiger partial charge in [-0.25, -0.2) is 0 Å². The van der Waals surface area contributed by atoms with E-state index in [1.165, 1.54) is 16.2 Å². The molecule has 3 heterocycles. The van der Waals surface area contributed by atoms with Gasteiger partial charge in [-0.15, -0.1) is 0 Å². The van der Waals surface area contributed by atoms with Crippen LogP contribution in [-0.4, -0.2) is 13.7 Å². The minimum absolute atomic E-state index is 0.610. The standard InChI is InChI=1S/C50H29N5/c51-30-32-20-25-48-43(28-32)41-13-4-8-18-47(41)55(48)49-19-9-14-42-40-12-3-7-17-46(40)54(50(42)49)36-23-21-34(22-24-36)35-26-33(31-52)27-37(29-35)53-44-15-5-1-10-38(44)39-11-2-6-16-45(39)53/h1-29H. The fourth-order valence-electron chi connectivity index (χ4n) is 8.73. The Balaban J connectivity index is 1.11. The highest BCUT2D eigenvalue weighted by atomic mass is 15.1. The third-order valence-electron chi connectivity index (χ3n) is 11.1. The van der Waals surface area contributed by atoms with Gasteiger partial charge in [0.05, 0.1) is 62.1 Å². The van der Waals surface area contributed by atoms with Gasteiger partial charge in [0.2, 0.25) is 0 Å². The van der Waals surface area contributed by atoms with E-state index in [-0.39, 0.29) is 0 Å². The topological polar surface area (TPSA) is 62.4 Å². The summed E-state index contributed by atoms with van der Waals surface area (Å²) >= 11 is 0. The van der Waals surface area contributed by atoms with E-state index in [9.17, 15) is 10.5 Å². The molecule has 0 aliphatic heterocycles. The number of para-hydroxylation sites is 5. The van der Waals surface area contributed by atoms with Gasteiger partial charge in [-0.05, 0) is 90.0 Å².